The Morgan fingerprint density at radius 1 is 0.974 bits per heavy atom. The molecule has 1 N–H and O–H groups in total. The Labute approximate surface area is 225 Å². The summed E-state index contributed by atoms with van der Waals surface area (Å²) in [5, 5.41) is 10.4. The fraction of sp³-hybridized carbons (Fsp3) is 0.406. The summed E-state index contributed by atoms with van der Waals surface area (Å²) in [4.78, 5) is 15.1. The van der Waals surface area contributed by atoms with Crippen LogP contribution in [0.25, 0.3) is 11.1 Å². The number of carboxylic acids is 1. The zero-order valence-corrected chi connectivity index (χ0v) is 23.2. The van der Waals surface area contributed by atoms with Crippen molar-refractivity contribution >= 4 is 5.97 Å². The minimum atomic E-state index is -1.07. The molecule has 0 radical (unpaired) electrons. The molecule has 0 bridgehead atoms. The van der Waals surface area contributed by atoms with Crippen molar-refractivity contribution in [2.24, 2.45) is 0 Å². The average Bonchev–Trinajstić information content (AvgIpc) is 3.30. The van der Waals surface area contributed by atoms with Crippen molar-refractivity contribution in [3.05, 3.63) is 81.4 Å². The van der Waals surface area contributed by atoms with Crippen molar-refractivity contribution in [3.8, 4) is 22.6 Å². The standard InChI is InChI=1S/C32H37NO5/c1-19-10-12-22(13-11-19)27-20(2)24-17-33(16-23-8-7-9-26-29(23)37-15-14-36-26)18-25(24)21(3)28(27)30(31(34)35)38-32(4,5)6/h7-13,30H,14-18H2,1-6H3,(H,34,35). The first-order valence-electron chi connectivity index (χ1n) is 13.3. The molecule has 6 heteroatoms. The van der Waals surface area contributed by atoms with Crippen LogP contribution in [-0.2, 0) is 29.2 Å². The monoisotopic (exact) mass is 515 g/mol. The number of aryl methyl sites for hydroxylation is 1. The van der Waals surface area contributed by atoms with Crippen LogP contribution in [0, 0.1) is 20.8 Å². The molecule has 3 aromatic carbocycles. The molecule has 0 aliphatic carbocycles. The van der Waals surface area contributed by atoms with Gasteiger partial charge in [-0.25, -0.2) is 4.79 Å². The van der Waals surface area contributed by atoms with Crippen LogP contribution < -0.4 is 9.47 Å². The molecular weight excluding hydrogens is 478 g/mol. The van der Waals surface area contributed by atoms with E-state index in [1.54, 1.807) is 0 Å². The minimum Gasteiger partial charge on any atom is -0.486 e. The lowest BCUT2D eigenvalue weighted by molar-refractivity contribution is -0.160. The third-order valence-electron chi connectivity index (χ3n) is 7.42. The lowest BCUT2D eigenvalue weighted by Gasteiger charge is -2.30. The van der Waals surface area contributed by atoms with Gasteiger partial charge in [-0.3, -0.25) is 4.90 Å². The predicted octanol–water partition coefficient (Wildman–Crippen LogP) is 6.51. The van der Waals surface area contributed by atoms with E-state index in [2.05, 4.69) is 56.0 Å². The Morgan fingerprint density at radius 3 is 2.29 bits per heavy atom. The van der Waals surface area contributed by atoms with Crippen LogP contribution in [0.2, 0.25) is 0 Å². The van der Waals surface area contributed by atoms with E-state index < -0.39 is 17.7 Å². The zero-order valence-electron chi connectivity index (χ0n) is 23.2. The molecule has 0 amide bonds. The molecule has 1 atom stereocenters. The zero-order chi connectivity index (χ0) is 27.2. The van der Waals surface area contributed by atoms with Crippen LogP contribution in [0.3, 0.4) is 0 Å². The second kappa shape index (κ2) is 10.1. The van der Waals surface area contributed by atoms with E-state index in [9.17, 15) is 9.90 Å². The Balaban J connectivity index is 1.60. The maximum Gasteiger partial charge on any atom is 0.337 e. The molecule has 3 aromatic rings. The van der Waals surface area contributed by atoms with E-state index in [4.69, 9.17) is 14.2 Å². The molecular formula is C32H37NO5. The third-order valence-corrected chi connectivity index (χ3v) is 7.42. The summed E-state index contributed by atoms with van der Waals surface area (Å²) >= 11 is 0. The highest BCUT2D eigenvalue weighted by atomic mass is 16.6. The SMILES string of the molecule is Cc1ccc(-c2c(C)c3c(c(C)c2C(OC(C)(C)C)C(=O)O)CN(Cc2cccc4c2OCCO4)C3)cc1. The smallest absolute Gasteiger partial charge is 0.337 e. The summed E-state index contributed by atoms with van der Waals surface area (Å²) in [5.74, 6) is 0.651. The van der Waals surface area contributed by atoms with E-state index >= 15 is 0 Å². The fourth-order valence-electron chi connectivity index (χ4n) is 5.70. The number of hydrogen-bond donors (Lipinski definition) is 1. The van der Waals surface area contributed by atoms with Gasteiger partial charge in [-0.15, -0.1) is 0 Å². The Morgan fingerprint density at radius 2 is 1.63 bits per heavy atom. The first kappa shape index (κ1) is 26.3. The molecule has 38 heavy (non-hydrogen) atoms. The highest BCUT2D eigenvalue weighted by Crippen LogP contribution is 2.44. The topological polar surface area (TPSA) is 68.2 Å². The van der Waals surface area contributed by atoms with Crippen LogP contribution in [0.4, 0.5) is 0 Å². The Kier molecular flexibility index (Phi) is 6.97. The van der Waals surface area contributed by atoms with Crippen LogP contribution in [0.5, 0.6) is 11.5 Å². The van der Waals surface area contributed by atoms with Gasteiger partial charge in [0.1, 0.15) is 13.2 Å². The quantitative estimate of drug-likeness (QED) is 0.404. The van der Waals surface area contributed by atoms with Crippen molar-refractivity contribution in [2.45, 2.75) is 72.9 Å². The molecule has 0 saturated carbocycles. The summed E-state index contributed by atoms with van der Waals surface area (Å²) in [7, 11) is 0. The summed E-state index contributed by atoms with van der Waals surface area (Å²) in [6.07, 6.45) is -1.07. The van der Waals surface area contributed by atoms with Crippen molar-refractivity contribution in [2.75, 3.05) is 13.2 Å². The number of fused-ring (bicyclic) bond motifs is 2. The third kappa shape index (κ3) is 5.03. The van der Waals surface area contributed by atoms with Gasteiger partial charge < -0.3 is 19.3 Å². The molecule has 0 spiro atoms. The second-order valence-electron chi connectivity index (χ2n) is 11.4. The highest BCUT2D eigenvalue weighted by molar-refractivity contribution is 5.84. The average molecular weight is 516 g/mol. The Hall–Kier alpha value is -3.35. The first-order valence-corrected chi connectivity index (χ1v) is 13.3. The van der Waals surface area contributed by atoms with Crippen molar-refractivity contribution < 1.29 is 24.1 Å². The number of aliphatic carboxylic acids is 1. The van der Waals surface area contributed by atoms with Crippen molar-refractivity contribution in [3.63, 3.8) is 0 Å². The lowest BCUT2D eigenvalue weighted by Crippen LogP contribution is -2.28. The molecule has 2 aliphatic heterocycles. The van der Waals surface area contributed by atoms with Crippen LogP contribution in [0.1, 0.15) is 65.8 Å². The molecule has 0 fully saturated rings. The molecule has 5 rings (SSSR count). The van der Waals surface area contributed by atoms with Gasteiger partial charge in [-0.05, 0) is 81.0 Å². The Bertz CT molecular complexity index is 1370. The van der Waals surface area contributed by atoms with E-state index in [0.29, 0.717) is 13.2 Å². The number of carbonyl (C=O) groups is 1. The molecule has 1 unspecified atom stereocenters. The number of ether oxygens (including phenoxy) is 3. The van der Waals surface area contributed by atoms with Crippen LogP contribution in [-0.4, -0.2) is 34.8 Å². The van der Waals surface area contributed by atoms with Gasteiger partial charge in [-0.2, -0.15) is 0 Å². The van der Waals surface area contributed by atoms with Gasteiger partial charge in [0.05, 0.1) is 5.60 Å². The maximum atomic E-state index is 12.7. The van der Waals surface area contributed by atoms with E-state index in [-0.39, 0.29) is 0 Å². The number of nitrogens with zero attached hydrogens (tertiary/aromatic N) is 1. The minimum absolute atomic E-state index is 0.552. The van der Waals surface area contributed by atoms with E-state index in [1.807, 2.05) is 32.9 Å². The second-order valence-corrected chi connectivity index (χ2v) is 11.4. The van der Waals surface area contributed by atoms with Gasteiger partial charge in [0, 0.05) is 30.8 Å². The lowest BCUT2D eigenvalue weighted by atomic mass is 9.83. The first-order chi connectivity index (χ1) is 18.0. The summed E-state index contributed by atoms with van der Waals surface area (Å²) in [5.41, 5.74) is 8.95. The van der Waals surface area contributed by atoms with Crippen molar-refractivity contribution in [1.82, 2.24) is 4.90 Å². The number of benzene rings is 3. The summed E-state index contributed by atoms with van der Waals surface area (Å²) in [6, 6.07) is 14.4. The molecule has 2 aliphatic rings. The molecule has 0 saturated heterocycles. The van der Waals surface area contributed by atoms with Gasteiger partial charge in [0.2, 0.25) is 0 Å². The highest BCUT2D eigenvalue weighted by Gasteiger charge is 2.35. The normalized spacial score (nSPS) is 15.8. The van der Waals surface area contributed by atoms with Gasteiger partial charge >= 0.3 is 5.97 Å². The number of rotatable bonds is 6. The fourth-order valence-corrected chi connectivity index (χ4v) is 5.70. The van der Waals surface area contributed by atoms with Crippen molar-refractivity contribution in [1.29, 1.82) is 0 Å². The molecule has 6 nitrogen and oxygen atoms in total. The van der Waals surface area contributed by atoms with E-state index in [0.717, 1.165) is 70.1 Å². The maximum absolute atomic E-state index is 12.7. The number of para-hydroxylation sites is 1. The molecule has 2 heterocycles. The van der Waals surface area contributed by atoms with Gasteiger partial charge in [-0.1, -0.05) is 42.0 Å². The number of hydrogen-bond acceptors (Lipinski definition) is 5. The van der Waals surface area contributed by atoms with Gasteiger partial charge in [0.15, 0.2) is 17.6 Å². The van der Waals surface area contributed by atoms with Crippen LogP contribution in [0.15, 0.2) is 42.5 Å². The van der Waals surface area contributed by atoms with Crippen LogP contribution >= 0.6 is 0 Å². The summed E-state index contributed by atoms with van der Waals surface area (Å²) in [6.45, 7) is 15.3. The predicted molar refractivity (Wildman–Crippen MR) is 148 cm³/mol. The molecule has 200 valence electrons. The van der Waals surface area contributed by atoms with Gasteiger partial charge in [0.25, 0.3) is 0 Å². The largest absolute Gasteiger partial charge is 0.486 e. The molecule has 0 aromatic heterocycles. The number of carboxylic acid groups (broad SMARTS) is 1. The van der Waals surface area contributed by atoms with E-state index in [1.165, 1.54) is 11.1 Å². The summed E-state index contributed by atoms with van der Waals surface area (Å²) < 4.78 is 18.0.